The Morgan fingerprint density at radius 1 is 0.824 bits per heavy atom. The summed E-state index contributed by atoms with van der Waals surface area (Å²) in [6.45, 7) is 10.3. The van der Waals surface area contributed by atoms with Crippen LogP contribution in [0.5, 0.6) is 0 Å². The van der Waals surface area contributed by atoms with Crippen LogP contribution in [-0.2, 0) is 0 Å². The lowest BCUT2D eigenvalue weighted by Crippen LogP contribution is -2.23. The average molecular weight is 241 g/mol. The maximum atomic E-state index is 3.49. The van der Waals surface area contributed by atoms with Crippen LogP contribution < -0.4 is 5.32 Å². The smallest absolute Gasteiger partial charge is 0.00103 e. The van der Waals surface area contributed by atoms with Crippen molar-refractivity contribution < 1.29 is 0 Å². The van der Waals surface area contributed by atoms with Crippen molar-refractivity contribution in [3.63, 3.8) is 0 Å². The van der Waals surface area contributed by atoms with Gasteiger partial charge in [-0.25, -0.2) is 0 Å². The molecule has 0 spiro atoms. The molecule has 1 unspecified atom stereocenters. The lowest BCUT2D eigenvalue weighted by atomic mass is 9.93. The Labute approximate surface area is 110 Å². The molecule has 0 heterocycles. The van der Waals surface area contributed by atoms with Gasteiger partial charge in [0.15, 0.2) is 0 Å². The standard InChI is InChI=1S/C16H35N/c1-5-7-9-12-16(6-2)13-10-8-11-14-17-15(3)4/h15-17H,5-14H2,1-4H3. The van der Waals surface area contributed by atoms with E-state index in [2.05, 4.69) is 33.0 Å². The normalized spacial score (nSPS) is 13.2. The van der Waals surface area contributed by atoms with Gasteiger partial charge in [-0.05, 0) is 18.9 Å². The highest BCUT2D eigenvalue weighted by Crippen LogP contribution is 2.20. The van der Waals surface area contributed by atoms with E-state index in [4.69, 9.17) is 0 Å². The van der Waals surface area contributed by atoms with Gasteiger partial charge < -0.3 is 5.32 Å². The summed E-state index contributed by atoms with van der Waals surface area (Å²) in [6, 6.07) is 0.646. The summed E-state index contributed by atoms with van der Waals surface area (Å²) in [5, 5.41) is 3.49. The molecule has 0 aliphatic rings. The van der Waals surface area contributed by atoms with E-state index in [-0.39, 0.29) is 0 Å². The van der Waals surface area contributed by atoms with E-state index in [1.807, 2.05) is 0 Å². The first-order valence-electron chi connectivity index (χ1n) is 7.94. The van der Waals surface area contributed by atoms with Crippen LogP contribution in [0.1, 0.15) is 85.5 Å². The predicted molar refractivity (Wildman–Crippen MR) is 79.5 cm³/mol. The van der Waals surface area contributed by atoms with E-state index >= 15 is 0 Å². The molecule has 0 rings (SSSR count). The predicted octanol–water partition coefficient (Wildman–Crippen LogP) is 5.15. The molecular weight excluding hydrogens is 206 g/mol. The monoisotopic (exact) mass is 241 g/mol. The molecule has 0 bridgehead atoms. The average Bonchev–Trinajstić information content (AvgIpc) is 2.31. The molecule has 0 aromatic rings. The van der Waals surface area contributed by atoms with E-state index in [0.29, 0.717) is 6.04 Å². The zero-order chi connectivity index (χ0) is 12.9. The Kier molecular flexibility index (Phi) is 12.4. The lowest BCUT2D eigenvalue weighted by molar-refractivity contribution is 0.396. The van der Waals surface area contributed by atoms with Crippen molar-refractivity contribution in [1.29, 1.82) is 0 Å². The van der Waals surface area contributed by atoms with Gasteiger partial charge >= 0.3 is 0 Å². The number of rotatable bonds is 12. The van der Waals surface area contributed by atoms with Gasteiger partial charge in [0.2, 0.25) is 0 Å². The quantitative estimate of drug-likeness (QED) is 0.466. The number of hydrogen-bond donors (Lipinski definition) is 1. The first-order valence-corrected chi connectivity index (χ1v) is 7.94. The molecule has 0 radical (unpaired) electrons. The van der Waals surface area contributed by atoms with E-state index in [1.165, 1.54) is 64.3 Å². The van der Waals surface area contributed by atoms with Crippen LogP contribution >= 0.6 is 0 Å². The van der Waals surface area contributed by atoms with Gasteiger partial charge in [-0.1, -0.05) is 79.1 Å². The minimum atomic E-state index is 0.646. The summed E-state index contributed by atoms with van der Waals surface area (Å²) in [5.41, 5.74) is 0. The van der Waals surface area contributed by atoms with Crippen molar-refractivity contribution in [2.24, 2.45) is 5.92 Å². The maximum absolute atomic E-state index is 3.49. The van der Waals surface area contributed by atoms with Gasteiger partial charge in [0.05, 0.1) is 0 Å². The Morgan fingerprint density at radius 2 is 1.47 bits per heavy atom. The summed E-state index contributed by atoms with van der Waals surface area (Å²) in [7, 11) is 0. The van der Waals surface area contributed by atoms with E-state index < -0.39 is 0 Å². The van der Waals surface area contributed by atoms with Gasteiger partial charge in [-0.3, -0.25) is 0 Å². The zero-order valence-electron chi connectivity index (χ0n) is 12.7. The molecule has 1 N–H and O–H groups in total. The van der Waals surface area contributed by atoms with Gasteiger partial charge in [-0.15, -0.1) is 0 Å². The minimum Gasteiger partial charge on any atom is -0.315 e. The fraction of sp³-hybridized carbons (Fsp3) is 1.00. The molecule has 0 fully saturated rings. The molecule has 17 heavy (non-hydrogen) atoms. The maximum Gasteiger partial charge on any atom is 0.00103 e. The van der Waals surface area contributed by atoms with Crippen LogP contribution in [0.4, 0.5) is 0 Å². The van der Waals surface area contributed by atoms with Crippen LogP contribution in [0.3, 0.4) is 0 Å². The third-order valence-corrected chi connectivity index (χ3v) is 3.64. The SMILES string of the molecule is CCCCCC(CC)CCCCCNC(C)C. The zero-order valence-corrected chi connectivity index (χ0v) is 12.7. The Hall–Kier alpha value is -0.0400. The summed E-state index contributed by atoms with van der Waals surface area (Å²) >= 11 is 0. The van der Waals surface area contributed by atoms with Crippen LogP contribution in [0, 0.1) is 5.92 Å². The number of unbranched alkanes of at least 4 members (excludes halogenated alkanes) is 4. The second kappa shape index (κ2) is 12.4. The molecule has 104 valence electrons. The molecular formula is C16H35N. The van der Waals surface area contributed by atoms with Gasteiger partial charge in [-0.2, -0.15) is 0 Å². The van der Waals surface area contributed by atoms with Crippen LogP contribution in [-0.4, -0.2) is 12.6 Å². The van der Waals surface area contributed by atoms with Crippen molar-refractivity contribution in [1.82, 2.24) is 5.32 Å². The minimum absolute atomic E-state index is 0.646. The van der Waals surface area contributed by atoms with Crippen LogP contribution in [0.15, 0.2) is 0 Å². The molecule has 0 saturated heterocycles. The summed E-state index contributed by atoms with van der Waals surface area (Å²) in [4.78, 5) is 0. The third kappa shape index (κ3) is 12.2. The highest BCUT2D eigenvalue weighted by Gasteiger charge is 2.05. The summed E-state index contributed by atoms with van der Waals surface area (Å²) in [6.07, 6.45) is 12.7. The third-order valence-electron chi connectivity index (χ3n) is 3.64. The molecule has 1 atom stereocenters. The molecule has 1 nitrogen and oxygen atoms in total. The first kappa shape index (κ1) is 17.0. The molecule has 0 aliphatic heterocycles. The fourth-order valence-electron chi connectivity index (χ4n) is 2.36. The largest absolute Gasteiger partial charge is 0.315 e. The van der Waals surface area contributed by atoms with Crippen LogP contribution in [0.25, 0.3) is 0 Å². The summed E-state index contributed by atoms with van der Waals surface area (Å²) in [5.74, 6) is 1.000. The second-order valence-corrected chi connectivity index (χ2v) is 5.73. The highest BCUT2D eigenvalue weighted by molar-refractivity contribution is 4.59. The van der Waals surface area contributed by atoms with E-state index in [9.17, 15) is 0 Å². The van der Waals surface area contributed by atoms with Gasteiger partial charge in [0.1, 0.15) is 0 Å². The second-order valence-electron chi connectivity index (χ2n) is 5.73. The highest BCUT2D eigenvalue weighted by atomic mass is 14.9. The van der Waals surface area contributed by atoms with Gasteiger partial charge in [0.25, 0.3) is 0 Å². The van der Waals surface area contributed by atoms with Crippen molar-refractivity contribution in [2.75, 3.05) is 6.54 Å². The van der Waals surface area contributed by atoms with Crippen molar-refractivity contribution >= 4 is 0 Å². The number of nitrogens with one attached hydrogen (secondary N) is 1. The Bertz CT molecular complexity index is 142. The molecule has 0 aromatic carbocycles. The van der Waals surface area contributed by atoms with Crippen molar-refractivity contribution in [2.45, 2.75) is 91.5 Å². The first-order chi connectivity index (χ1) is 8.20. The fourth-order valence-corrected chi connectivity index (χ4v) is 2.36. The number of hydrogen-bond acceptors (Lipinski definition) is 1. The lowest BCUT2D eigenvalue weighted by Gasteiger charge is -2.14. The summed E-state index contributed by atoms with van der Waals surface area (Å²) < 4.78 is 0. The Balaban J connectivity index is 3.30. The molecule has 0 aromatic heterocycles. The van der Waals surface area contributed by atoms with Crippen LogP contribution in [0.2, 0.25) is 0 Å². The molecule has 0 aliphatic carbocycles. The van der Waals surface area contributed by atoms with E-state index in [0.717, 1.165) is 5.92 Å². The van der Waals surface area contributed by atoms with E-state index in [1.54, 1.807) is 0 Å². The topological polar surface area (TPSA) is 12.0 Å². The van der Waals surface area contributed by atoms with Gasteiger partial charge in [0, 0.05) is 6.04 Å². The molecule has 0 amide bonds. The van der Waals surface area contributed by atoms with Crippen molar-refractivity contribution in [3.05, 3.63) is 0 Å². The molecule has 0 saturated carbocycles. The Morgan fingerprint density at radius 3 is 2.00 bits per heavy atom. The van der Waals surface area contributed by atoms with Crippen molar-refractivity contribution in [3.8, 4) is 0 Å². The molecule has 1 heteroatoms.